The lowest BCUT2D eigenvalue weighted by Gasteiger charge is -2.33. The predicted octanol–water partition coefficient (Wildman–Crippen LogP) is 1.35. The molecule has 0 aliphatic carbocycles. The molecule has 1 saturated heterocycles. The molecule has 0 radical (unpaired) electrons. The van der Waals surface area contributed by atoms with Gasteiger partial charge in [-0.3, -0.25) is 5.43 Å². The normalized spacial score (nSPS) is 16.0. The highest BCUT2D eigenvalue weighted by Gasteiger charge is 2.16. The maximum Gasteiger partial charge on any atom is 0.189 e. The molecule has 1 aliphatic heterocycles. The Morgan fingerprint density at radius 2 is 1.88 bits per heavy atom. The molecule has 0 atom stereocenters. The lowest BCUT2D eigenvalue weighted by Crippen LogP contribution is -2.49. The van der Waals surface area contributed by atoms with Gasteiger partial charge in [-0.2, -0.15) is 5.10 Å². The van der Waals surface area contributed by atoms with Gasteiger partial charge in [-0.1, -0.05) is 30.3 Å². The first-order valence-electron chi connectivity index (χ1n) is 7.87. The molecule has 1 N–H and O–H groups in total. The van der Waals surface area contributed by atoms with E-state index in [1.807, 2.05) is 36.4 Å². The van der Waals surface area contributed by atoms with Crippen molar-refractivity contribution in [2.75, 3.05) is 33.2 Å². The molecular weight excluding hydrogens is 320 g/mol. The smallest absolute Gasteiger partial charge is 0.189 e. The summed E-state index contributed by atoms with van der Waals surface area (Å²) in [7, 11) is 2.12. The number of aromatic nitrogens is 2. The van der Waals surface area contributed by atoms with Crippen LogP contribution in [0.1, 0.15) is 11.3 Å². The highest BCUT2D eigenvalue weighted by Crippen LogP contribution is 2.08. The molecule has 0 saturated carbocycles. The van der Waals surface area contributed by atoms with Gasteiger partial charge in [-0.25, -0.2) is 9.97 Å². The van der Waals surface area contributed by atoms with Gasteiger partial charge in [0.05, 0.1) is 5.69 Å². The molecule has 1 fully saturated rings. The number of hydrogen-bond donors (Lipinski definition) is 1. The Labute approximate surface area is 147 Å². The first kappa shape index (κ1) is 16.5. The van der Waals surface area contributed by atoms with E-state index < -0.39 is 0 Å². The zero-order valence-corrected chi connectivity index (χ0v) is 14.4. The molecule has 2 heterocycles. The lowest BCUT2D eigenvalue weighted by molar-refractivity contribution is 0.214. The van der Waals surface area contributed by atoms with E-state index in [0.29, 0.717) is 5.11 Å². The summed E-state index contributed by atoms with van der Waals surface area (Å²) < 4.78 is 0. The Kier molecular flexibility index (Phi) is 5.45. The van der Waals surface area contributed by atoms with Gasteiger partial charge in [0, 0.05) is 37.9 Å². The van der Waals surface area contributed by atoms with Crippen molar-refractivity contribution in [3.8, 4) is 0 Å². The second kappa shape index (κ2) is 7.94. The van der Waals surface area contributed by atoms with Crippen molar-refractivity contribution in [1.29, 1.82) is 0 Å². The molecule has 3 rings (SSSR count). The van der Waals surface area contributed by atoms with Crippen LogP contribution in [0.15, 0.2) is 54.0 Å². The number of hydrazone groups is 1. The third-order valence-corrected chi connectivity index (χ3v) is 4.28. The SMILES string of the molecule is CN1CCN(C(=S)N/N=C(/c2ccccc2)c2ccncn2)CC1. The summed E-state index contributed by atoms with van der Waals surface area (Å²) in [6.07, 6.45) is 3.23. The largest absolute Gasteiger partial charge is 0.345 e. The minimum atomic E-state index is 0.644. The van der Waals surface area contributed by atoms with E-state index in [-0.39, 0.29) is 0 Å². The molecule has 24 heavy (non-hydrogen) atoms. The van der Waals surface area contributed by atoms with E-state index in [1.165, 1.54) is 6.33 Å². The summed E-state index contributed by atoms with van der Waals surface area (Å²) in [5, 5.41) is 5.18. The van der Waals surface area contributed by atoms with Gasteiger partial charge in [0.2, 0.25) is 0 Å². The van der Waals surface area contributed by atoms with Gasteiger partial charge in [0.25, 0.3) is 0 Å². The molecule has 1 aromatic heterocycles. The van der Waals surface area contributed by atoms with Gasteiger partial charge in [-0.15, -0.1) is 0 Å². The van der Waals surface area contributed by atoms with E-state index in [9.17, 15) is 0 Å². The summed E-state index contributed by atoms with van der Waals surface area (Å²) in [4.78, 5) is 12.7. The zero-order valence-electron chi connectivity index (χ0n) is 13.6. The van der Waals surface area contributed by atoms with Crippen LogP contribution in [0.5, 0.6) is 0 Å². The Balaban J connectivity index is 1.78. The number of thiocarbonyl (C=S) groups is 1. The second-order valence-corrected chi connectivity index (χ2v) is 6.02. The maximum atomic E-state index is 5.49. The molecule has 2 aromatic rings. The van der Waals surface area contributed by atoms with Crippen molar-refractivity contribution in [1.82, 2.24) is 25.2 Å². The van der Waals surface area contributed by atoms with E-state index in [1.54, 1.807) is 6.20 Å². The van der Waals surface area contributed by atoms with Gasteiger partial charge in [0.1, 0.15) is 12.0 Å². The van der Waals surface area contributed by atoms with E-state index in [0.717, 1.165) is 43.1 Å². The topological polar surface area (TPSA) is 56.6 Å². The Bertz CT molecular complexity index is 654. The number of nitrogens with one attached hydrogen (secondary N) is 1. The first-order chi connectivity index (χ1) is 11.7. The first-order valence-corrected chi connectivity index (χ1v) is 8.28. The number of piperazine rings is 1. The standard InChI is InChI=1S/C17H20N6S/c1-22-9-11-23(12-10-22)17(24)21-20-16(14-5-3-2-4-6-14)15-7-8-18-13-19-15/h2-8,13H,9-12H2,1H3,(H,21,24)/b20-16-. The van der Waals surface area contributed by atoms with E-state index in [4.69, 9.17) is 12.2 Å². The van der Waals surface area contributed by atoms with Crippen LogP contribution in [0.4, 0.5) is 0 Å². The minimum Gasteiger partial charge on any atom is -0.345 e. The molecule has 0 unspecified atom stereocenters. The van der Waals surface area contributed by atoms with Gasteiger partial charge >= 0.3 is 0 Å². The molecule has 124 valence electrons. The number of nitrogens with zero attached hydrogens (tertiary/aromatic N) is 5. The van der Waals surface area contributed by atoms with Crippen molar-refractivity contribution in [2.24, 2.45) is 5.10 Å². The Morgan fingerprint density at radius 1 is 1.12 bits per heavy atom. The second-order valence-electron chi connectivity index (χ2n) is 5.63. The van der Waals surface area contributed by atoms with Gasteiger partial charge < -0.3 is 9.80 Å². The minimum absolute atomic E-state index is 0.644. The zero-order chi connectivity index (χ0) is 16.8. The summed E-state index contributed by atoms with van der Waals surface area (Å²) in [6.45, 7) is 3.82. The number of likely N-dealkylation sites (N-methyl/N-ethyl adjacent to an activating group) is 1. The molecule has 1 aliphatic rings. The van der Waals surface area contributed by atoms with Crippen LogP contribution in [-0.4, -0.2) is 63.8 Å². The molecule has 0 spiro atoms. The van der Waals surface area contributed by atoms with E-state index >= 15 is 0 Å². The third-order valence-electron chi connectivity index (χ3n) is 3.93. The van der Waals surface area contributed by atoms with Crippen LogP contribution >= 0.6 is 12.2 Å². The van der Waals surface area contributed by atoms with E-state index in [2.05, 4.69) is 37.3 Å². The third kappa shape index (κ3) is 4.12. The van der Waals surface area contributed by atoms with Crippen LogP contribution in [0.25, 0.3) is 0 Å². The van der Waals surface area contributed by atoms with Gasteiger partial charge in [0.15, 0.2) is 5.11 Å². The Morgan fingerprint density at radius 3 is 2.54 bits per heavy atom. The summed E-state index contributed by atoms with van der Waals surface area (Å²) in [5.41, 5.74) is 5.51. The molecule has 0 amide bonds. The number of benzene rings is 1. The lowest BCUT2D eigenvalue weighted by atomic mass is 10.1. The van der Waals surface area contributed by atoms with Crippen LogP contribution < -0.4 is 5.43 Å². The number of rotatable bonds is 3. The average Bonchev–Trinajstić information content (AvgIpc) is 2.64. The van der Waals surface area contributed by atoms with Crippen molar-refractivity contribution >= 4 is 23.0 Å². The van der Waals surface area contributed by atoms with Crippen molar-refractivity contribution < 1.29 is 0 Å². The fourth-order valence-corrected chi connectivity index (χ4v) is 2.71. The monoisotopic (exact) mass is 340 g/mol. The maximum absolute atomic E-state index is 5.49. The summed E-state index contributed by atoms with van der Waals surface area (Å²) in [5.74, 6) is 0. The molecule has 6 nitrogen and oxygen atoms in total. The summed E-state index contributed by atoms with van der Waals surface area (Å²) >= 11 is 5.49. The molecule has 7 heteroatoms. The van der Waals surface area contributed by atoms with Crippen LogP contribution in [0, 0.1) is 0 Å². The highest BCUT2D eigenvalue weighted by atomic mass is 32.1. The Hall–Kier alpha value is -2.38. The van der Waals surface area contributed by atoms with Gasteiger partial charge in [-0.05, 0) is 25.3 Å². The van der Waals surface area contributed by atoms with Crippen molar-refractivity contribution in [3.63, 3.8) is 0 Å². The quantitative estimate of drug-likeness (QED) is 0.517. The van der Waals surface area contributed by atoms with Crippen molar-refractivity contribution in [3.05, 3.63) is 60.2 Å². The van der Waals surface area contributed by atoms with Crippen LogP contribution in [-0.2, 0) is 0 Å². The summed E-state index contributed by atoms with van der Waals surface area (Å²) in [6, 6.07) is 11.8. The van der Waals surface area contributed by atoms with Crippen LogP contribution in [0.3, 0.4) is 0 Å². The molecule has 1 aromatic carbocycles. The number of hydrogen-bond acceptors (Lipinski definition) is 5. The van der Waals surface area contributed by atoms with Crippen LogP contribution in [0.2, 0.25) is 0 Å². The van der Waals surface area contributed by atoms with Crippen molar-refractivity contribution in [2.45, 2.75) is 0 Å². The molecular formula is C17H20N6S. The molecule has 0 bridgehead atoms. The fourth-order valence-electron chi connectivity index (χ4n) is 2.48. The highest BCUT2D eigenvalue weighted by molar-refractivity contribution is 7.80. The predicted molar refractivity (Wildman–Crippen MR) is 98.9 cm³/mol. The average molecular weight is 340 g/mol. The fraction of sp³-hybridized carbons (Fsp3) is 0.294.